The van der Waals surface area contributed by atoms with E-state index in [0.29, 0.717) is 12.3 Å². The number of hydrogen-bond donors (Lipinski definition) is 1. The Morgan fingerprint density at radius 3 is 2.42 bits per heavy atom. The topological polar surface area (TPSA) is 52.7 Å². The lowest BCUT2D eigenvalue weighted by molar-refractivity contribution is -0.137. The molecule has 1 heterocycles. The van der Waals surface area contributed by atoms with Crippen LogP contribution in [-0.4, -0.2) is 55.8 Å². The van der Waals surface area contributed by atoms with Gasteiger partial charge in [0, 0.05) is 26.6 Å². The standard InChI is InChI=1S/C19H29N3O2/c1-14-7-5-6-8-16(14)18(21(3)4)19(24)22-11-9-15(10-12-22)13-17(23)20-2/h5-8,15,18H,9-13H2,1-4H3,(H,20,23)/t18-/m1/s1. The molecule has 24 heavy (non-hydrogen) atoms. The van der Waals surface area contributed by atoms with E-state index in [-0.39, 0.29) is 17.9 Å². The van der Waals surface area contributed by atoms with E-state index in [1.54, 1.807) is 7.05 Å². The Morgan fingerprint density at radius 1 is 1.25 bits per heavy atom. The number of nitrogens with one attached hydrogen (secondary N) is 1. The number of rotatable bonds is 5. The van der Waals surface area contributed by atoms with Gasteiger partial charge >= 0.3 is 0 Å². The molecule has 5 heteroatoms. The van der Waals surface area contributed by atoms with Crippen molar-refractivity contribution in [2.45, 2.75) is 32.2 Å². The molecule has 0 bridgehead atoms. The Hall–Kier alpha value is -1.88. The molecule has 132 valence electrons. The quantitative estimate of drug-likeness (QED) is 0.897. The predicted octanol–water partition coefficient (Wildman–Crippen LogP) is 1.97. The van der Waals surface area contributed by atoms with E-state index < -0.39 is 0 Å². The van der Waals surface area contributed by atoms with Crippen molar-refractivity contribution >= 4 is 11.8 Å². The fourth-order valence-corrected chi connectivity index (χ4v) is 3.42. The van der Waals surface area contributed by atoms with Crippen molar-refractivity contribution in [1.82, 2.24) is 15.1 Å². The second-order valence-electron chi connectivity index (χ2n) is 6.87. The van der Waals surface area contributed by atoms with E-state index in [9.17, 15) is 9.59 Å². The van der Waals surface area contributed by atoms with Gasteiger partial charge in [0.2, 0.25) is 11.8 Å². The average Bonchev–Trinajstić information content (AvgIpc) is 2.57. The van der Waals surface area contributed by atoms with Gasteiger partial charge in [-0.2, -0.15) is 0 Å². The van der Waals surface area contributed by atoms with Gasteiger partial charge < -0.3 is 10.2 Å². The van der Waals surface area contributed by atoms with E-state index in [0.717, 1.165) is 37.1 Å². The SMILES string of the molecule is CNC(=O)CC1CCN(C(=O)[C@@H](c2ccccc2C)N(C)C)CC1. The van der Waals surface area contributed by atoms with Crippen molar-refractivity contribution in [2.24, 2.45) is 5.92 Å². The van der Waals surface area contributed by atoms with Crippen LogP contribution >= 0.6 is 0 Å². The summed E-state index contributed by atoms with van der Waals surface area (Å²) in [6.07, 6.45) is 2.35. The number of amides is 2. The zero-order valence-corrected chi connectivity index (χ0v) is 15.2. The number of aryl methyl sites for hydroxylation is 1. The highest BCUT2D eigenvalue weighted by atomic mass is 16.2. The molecule has 1 N–H and O–H groups in total. The summed E-state index contributed by atoms with van der Waals surface area (Å²) in [5.41, 5.74) is 2.21. The van der Waals surface area contributed by atoms with Gasteiger partial charge in [0.05, 0.1) is 0 Å². The van der Waals surface area contributed by atoms with Crippen molar-refractivity contribution in [1.29, 1.82) is 0 Å². The lowest BCUT2D eigenvalue weighted by atomic mass is 9.92. The largest absolute Gasteiger partial charge is 0.359 e. The number of nitrogens with zero attached hydrogens (tertiary/aromatic N) is 2. The van der Waals surface area contributed by atoms with Crippen molar-refractivity contribution < 1.29 is 9.59 Å². The number of hydrogen-bond acceptors (Lipinski definition) is 3. The number of carbonyl (C=O) groups is 2. The van der Waals surface area contributed by atoms with Crippen LogP contribution in [0.4, 0.5) is 0 Å². The minimum atomic E-state index is -0.248. The van der Waals surface area contributed by atoms with Crippen LogP contribution in [0, 0.1) is 12.8 Å². The summed E-state index contributed by atoms with van der Waals surface area (Å²) in [5, 5.41) is 2.68. The van der Waals surface area contributed by atoms with Gasteiger partial charge in [0.25, 0.3) is 0 Å². The lowest BCUT2D eigenvalue weighted by Crippen LogP contribution is -2.45. The van der Waals surface area contributed by atoms with E-state index in [4.69, 9.17) is 0 Å². The van der Waals surface area contributed by atoms with Crippen LogP contribution in [0.2, 0.25) is 0 Å². The van der Waals surface area contributed by atoms with E-state index >= 15 is 0 Å². The Morgan fingerprint density at radius 2 is 1.88 bits per heavy atom. The lowest BCUT2D eigenvalue weighted by Gasteiger charge is -2.36. The Labute approximate surface area is 145 Å². The van der Waals surface area contributed by atoms with Crippen LogP contribution in [0.15, 0.2) is 24.3 Å². The van der Waals surface area contributed by atoms with E-state index in [2.05, 4.69) is 18.3 Å². The number of benzene rings is 1. The highest BCUT2D eigenvalue weighted by Gasteiger charge is 2.31. The molecule has 1 aromatic rings. The van der Waals surface area contributed by atoms with Crippen molar-refractivity contribution in [3.05, 3.63) is 35.4 Å². The Balaban J connectivity index is 2.05. The third-order valence-electron chi connectivity index (χ3n) is 4.91. The monoisotopic (exact) mass is 331 g/mol. The smallest absolute Gasteiger partial charge is 0.244 e. The maximum absolute atomic E-state index is 13.1. The van der Waals surface area contributed by atoms with Gasteiger partial charge in [-0.25, -0.2) is 0 Å². The Kier molecular flexibility index (Phi) is 6.37. The highest BCUT2D eigenvalue weighted by molar-refractivity contribution is 5.84. The van der Waals surface area contributed by atoms with Crippen molar-refractivity contribution in [3.8, 4) is 0 Å². The summed E-state index contributed by atoms with van der Waals surface area (Å²) in [6, 6.07) is 7.83. The van der Waals surface area contributed by atoms with E-state index in [1.165, 1.54) is 0 Å². The molecule has 1 aromatic carbocycles. The van der Waals surface area contributed by atoms with Gasteiger partial charge in [0.1, 0.15) is 6.04 Å². The van der Waals surface area contributed by atoms with Crippen molar-refractivity contribution in [3.63, 3.8) is 0 Å². The molecular weight excluding hydrogens is 302 g/mol. The first-order valence-corrected chi connectivity index (χ1v) is 8.65. The van der Waals surface area contributed by atoms with Crippen LogP contribution in [0.25, 0.3) is 0 Å². The second kappa shape index (κ2) is 8.29. The molecule has 2 rings (SSSR count). The van der Waals surface area contributed by atoms with Crippen LogP contribution in [0.3, 0.4) is 0 Å². The van der Waals surface area contributed by atoms with Crippen LogP contribution < -0.4 is 5.32 Å². The number of carbonyl (C=O) groups excluding carboxylic acids is 2. The molecule has 1 fully saturated rings. The molecule has 1 atom stereocenters. The zero-order chi connectivity index (χ0) is 17.7. The van der Waals surface area contributed by atoms with Gasteiger partial charge in [-0.3, -0.25) is 14.5 Å². The molecule has 0 saturated carbocycles. The zero-order valence-electron chi connectivity index (χ0n) is 15.2. The Bertz CT molecular complexity index is 578. The number of piperidine rings is 1. The first kappa shape index (κ1) is 18.5. The van der Waals surface area contributed by atoms with E-state index in [1.807, 2.05) is 42.1 Å². The molecule has 0 aromatic heterocycles. The molecule has 0 spiro atoms. The molecule has 2 amide bonds. The summed E-state index contributed by atoms with van der Waals surface area (Å²) >= 11 is 0. The molecule has 1 saturated heterocycles. The highest BCUT2D eigenvalue weighted by Crippen LogP contribution is 2.27. The maximum atomic E-state index is 13.1. The number of likely N-dealkylation sites (N-methyl/N-ethyl adjacent to an activating group) is 1. The van der Waals surface area contributed by atoms with Gasteiger partial charge in [0.15, 0.2) is 0 Å². The molecule has 5 nitrogen and oxygen atoms in total. The van der Waals surface area contributed by atoms with Crippen LogP contribution in [-0.2, 0) is 9.59 Å². The molecule has 1 aliphatic rings. The third kappa shape index (κ3) is 4.35. The first-order chi connectivity index (χ1) is 11.4. The normalized spacial score (nSPS) is 17.0. The van der Waals surface area contributed by atoms with Crippen LogP contribution in [0.1, 0.15) is 36.4 Å². The molecule has 1 aliphatic heterocycles. The minimum absolute atomic E-state index is 0.0888. The molecule has 0 unspecified atom stereocenters. The second-order valence-corrected chi connectivity index (χ2v) is 6.87. The fourth-order valence-electron chi connectivity index (χ4n) is 3.42. The maximum Gasteiger partial charge on any atom is 0.244 e. The molecule has 0 radical (unpaired) electrons. The summed E-state index contributed by atoms with van der Waals surface area (Å²) in [4.78, 5) is 28.5. The predicted molar refractivity (Wildman–Crippen MR) is 95.6 cm³/mol. The van der Waals surface area contributed by atoms with Gasteiger partial charge in [-0.05, 0) is 50.9 Å². The summed E-state index contributed by atoms with van der Waals surface area (Å²) in [7, 11) is 5.57. The van der Waals surface area contributed by atoms with Crippen LogP contribution in [0.5, 0.6) is 0 Å². The van der Waals surface area contributed by atoms with Gasteiger partial charge in [-0.1, -0.05) is 24.3 Å². The summed E-state index contributed by atoms with van der Waals surface area (Å²) < 4.78 is 0. The fraction of sp³-hybridized carbons (Fsp3) is 0.579. The van der Waals surface area contributed by atoms with Gasteiger partial charge in [-0.15, -0.1) is 0 Å². The summed E-state index contributed by atoms with van der Waals surface area (Å²) in [6.45, 7) is 3.52. The molecular formula is C19H29N3O2. The summed E-state index contributed by atoms with van der Waals surface area (Å²) in [5.74, 6) is 0.629. The first-order valence-electron chi connectivity index (χ1n) is 8.65. The molecule has 0 aliphatic carbocycles. The number of likely N-dealkylation sites (tertiary alicyclic amines) is 1. The van der Waals surface area contributed by atoms with Crippen molar-refractivity contribution in [2.75, 3.05) is 34.2 Å². The minimum Gasteiger partial charge on any atom is -0.359 e. The average molecular weight is 331 g/mol. The third-order valence-corrected chi connectivity index (χ3v) is 4.91.